The number of amides is 1. The Bertz CT molecular complexity index is 1140. The van der Waals surface area contributed by atoms with Gasteiger partial charge in [0.15, 0.2) is 11.5 Å². The topological polar surface area (TPSA) is 107 Å². The smallest absolute Gasteiger partial charge is 0.303 e. The van der Waals surface area contributed by atoms with Crippen LogP contribution in [0, 0.1) is 6.92 Å². The minimum atomic E-state index is -1.03. The van der Waals surface area contributed by atoms with Crippen LogP contribution in [0.4, 0.5) is 5.69 Å². The molecule has 0 aliphatic heterocycles. The molecule has 0 aliphatic rings. The monoisotopic (exact) mass is 456 g/mol. The predicted molar refractivity (Wildman–Crippen MR) is 123 cm³/mol. The van der Waals surface area contributed by atoms with Crippen LogP contribution in [0.15, 0.2) is 35.7 Å². The van der Waals surface area contributed by atoms with Gasteiger partial charge in [-0.05, 0) is 53.8 Å². The summed E-state index contributed by atoms with van der Waals surface area (Å²) in [5.41, 5.74) is 4.73. The molecule has 0 unspecified atom stereocenters. The molecule has 0 saturated carbocycles. The SMILES string of the molecule is COc1ccc(-c2csnc2-c2cc(C)c(OC)c(OC)c2)cc1NC(=O)CCC(=O)O. The second-order valence-corrected chi connectivity index (χ2v) is 7.59. The summed E-state index contributed by atoms with van der Waals surface area (Å²) >= 11 is 1.32. The number of ether oxygens (including phenoxy) is 3. The predicted octanol–water partition coefficient (Wildman–Crippen LogP) is 4.61. The Kier molecular flexibility index (Phi) is 7.32. The zero-order valence-corrected chi connectivity index (χ0v) is 19.0. The van der Waals surface area contributed by atoms with E-state index in [9.17, 15) is 9.59 Å². The Morgan fingerprint density at radius 2 is 1.75 bits per heavy atom. The molecule has 8 nitrogen and oxygen atoms in total. The van der Waals surface area contributed by atoms with Crippen LogP contribution in [0.3, 0.4) is 0 Å². The molecule has 1 aromatic heterocycles. The summed E-state index contributed by atoms with van der Waals surface area (Å²) < 4.78 is 20.8. The van der Waals surface area contributed by atoms with Crippen molar-refractivity contribution in [2.24, 2.45) is 0 Å². The number of aromatic nitrogens is 1. The zero-order chi connectivity index (χ0) is 23.3. The van der Waals surface area contributed by atoms with E-state index < -0.39 is 11.9 Å². The lowest BCUT2D eigenvalue weighted by Crippen LogP contribution is -2.13. The molecule has 0 saturated heterocycles. The molecule has 3 aromatic rings. The van der Waals surface area contributed by atoms with E-state index >= 15 is 0 Å². The Morgan fingerprint density at radius 3 is 2.41 bits per heavy atom. The van der Waals surface area contributed by atoms with Crippen molar-refractivity contribution in [3.05, 3.63) is 41.3 Å². The van der Waals surface area contributed by atoms with Crippen molar-refractivity contribution in [1.29, 1.82) is 0 Å². The third-order valence-corrected chi connectivity index (χ3v) is 5.49. The van der Waals surface area contributed by atoms with Crippen LogP contribution in [0.2, 0.25) is 0 Å². The molecular weight excluding hydrogens is 432 g/mol. The number of benzene rings is 2. The van der Waals surface area contributed by atoms with Crippen molar-refractivity contribution in [2.75, 3.05) is 26.6 Å². The highest BCUT2D eigenvalue weighted by atomic mass is 32.1. The largest absolute Gasteiger partial charge is 0.495 e. The zero-order valence-electron chi connectivity index (χ0n) is 18.2. The minimum Gasteiger partial charge on any atom is -0.495 e. The number of nitrogens with zero attached hydrogens (tertiary/aromatic N) is 1. The van der Waals surface area contributed by atoms with E-state index in [1.807, 2.05) is 30.5 Å². The molecule has 168 valence electrons. The number of hydrogen-bond acceptors (Lipinski definition) is 7. The average molecular weight is 457 g/mol. The molecule has 2 N–H and O–H groups in total. The van der Waals surface area contributed by atoms with Gasteiger partial charge in [-0.2, -0.15) is 4.37 Å². The number of rotatable bonds is 9. The first-order valence-corrected chi connectivity index (χ1v) is 10.6. The number of aryl methyl sites for hydroxylation is 1. The highest BCUT2D eigenvalue weighted by molar-refractivity contribution is 7.04. The van der Waals surface area contributed by atoms with Gasteiger partial charge in [0, 0.05) is 22.9 Å². The highest BCUT2D eigenvalue weighted by Gasteiger charge is 2.18. The molecule has 1 amide bonds. The molecule has 0 spiro atoms. The van der Waals surface area contributed by atoms with Gasteiger partial charge in [-0.15, -0.1) is 0 Å². The Hall–Kier alpha value is -3.59. The molecule has 9 heteroatoms. The van der Waals surface area contributed by atoms with E-state index in [-0.39, 0.29) is 12.8 Å². The number of methoxy groups -OCH3 is 3. The molecule has 0 fully saturated rings. The third kappa shape index (κ3) is 5.00. The van der Waals surface area contributed by atoms with Gasteiger partial charge in [0.1, 0.15) is 5.75 Å². The van der Waals surface area contributed by atoms with E-state index in [4.69, 9.17) is 19.3 Å². The van der Waals surface area contributed by atoms with Crippen LogP contribution in [0.1, 0.15) is 18.4 Å². The van der Waals surface area contributed by atoms with Crippen molar-refractivity contribution < 1.29 is 28.9 Å². The normalized spacial score (nSPS) is 10.5. The maximum atomic E-state index is 12.2. The van der Waals surface area contributed by atoms with Crippen molar-refractivity contribution in [3.8, 4) is 39.6 Å². The number of carbonyl (C=O) groups is 2. The standard InChI is InChI=1S/C23H24N2O6S/c1-13-9-15(11-19(30-3)23(13)31-4)22-16(12-32-25-22)14-5-6-18(29-2)17(10-14)24-20(26)7-8-21(27)28/h5-6,9-12H,7-8H2,1-4H3,(H,24,26)(H,27,28). The van der Waals surface area contributed by atoms with Crippen molar-refractivity contribution in [2.45, 2.75) is 19.8 Å². The lowest BCUT2D eigenvalue weighted by Gasteiger charge is -2.14. The Balaban J connectivity index is 1.99. The van der Waals surface area contributed by atoms with Gasteiger partial charge >= 0.3 is 5.97 Å². The van der Waals surface area contributed by atoms with E-state index in [1.165, 1.54) is 18.6 Å². The fourth-order valence-electron chi connectivity index (χ4n) is 3.35. The first-order chi connectivity index (χ1) is 15.4. The van der Waals surface area contributed by atoms with Gasteiger partial charge in [-0.1, -0.05) is 6.07 Å². The first kappa shape index (κ1) is 23.1. The van der Waals surface area contributed by atoms with Gasteiger partial charge in [-0.3, -0.25) is 9.59 Å². The second-order valence-electron chi connectivity index (χ2n) is 6.96. The summed E-state index contributed by atoms with van der Waals surface area (Å²) in [6.07, 6.45) is -0.371. The summed E-state index contributed by atoms with van der Waals surface area (Å²) in [5, 5.41) is 13.5. The van der Waals surface area contributed by atoms with Gasteiger partial charge < -0.3 is 24.6 Å². The fraction of sp³-hybridized carbons (Fsp3) is 0.261. The third-order valence-electron chi connectivity index (χ3n) is 4.86. The number of nitrogens with one attached hydrogen (secondary N) is 1. The quantitative estimate of drug-likeness (QED) is 0.484. The summed E-state index contributed by atoms with van der Waals surface area (Å²) in [5.74, 6) is 0.331. The molecular formula is C23H24N2O6S. The lowest BCUT2D eigenvalue weighted by atomic mass is 9.99. The maximum Gasteiger partial charge on any atom is 0.303 e. The molecule has 3 rings (SSSR count). The van der Waals surface area contributed by atoms with Crippen LogP contribution >= 0.6 is 11.5 Å². The van der Waals surface area contributed by atoms with Crippen LogP contribution in [0.5, 0.6) is 17.2 Å². The van der Waals surface area contributed by atoms with Gasteiger partial charge in [0.2, 0.25) is 5.91 Å². The van der Waals surface area contributed by atoms with Crippen LogP contribution in [-0.2, 0) is 9.59 Å². The van der Waals surface area contributed by atoms with E-state index in [0.717, 1.165) is 27.9 Å². The number of aliphatic carboxylic acids is 1. The molecule has 0 radical (unpaired) electrons. The molecule has 0 aliphatic carbocycles. The summed E-state index contributed by atoms with van der Waals surface area (Å²) in [4.78, 5) is 22.9. The number of carboxylic acids is 1. The molecule has 32 heavy (non-hydrogen) atoms. The first-order valence-electron chi connectivity index (χ1n) is 9.75. The summed E-state index contributed by atoms with van der Waals surface area (Å²) in [7, 11) is 4.69. The summed E-state index contributed by atoms with van der Waals surface area (Å²) in [6, 6.07) is 9.29. The Morgan fingerprint density at radius 1 is 1.00 bits per heavy atom. The molecule has 0 bridgehead atoms. The van der Waals surface area contributed by atoms with Gasteiger partial charge in [0.05, 0.1) is 39.1 Å². The number of carbonyl (C=O) groups excluding carboxylic acids is 1. The molecule has 2 aromatic carbocycles. The summed E-state index contributed by atoms with van der Waals surface area (Å²) in [6.45, 7) is 1.94. The average Bonchev–Trinajstić information content (AvgIpc) is 3.27. The minimum absolute atomic E-state index is 0.126. The van der Waals surface area contributed by atoms with Crippen molar-refractivity contribution in [3.63, 3.8) is 0 Å². The lowest BCUT2D eigenvalue weighted by molar-refractivity contribution is -0.138. The van der Waals surface area contributed by atoms with E-state index in [0.29, 0.717) is 22.9 Å². The van der Waals surface area contributed by atoms with Crippen LogP contribution in [0.25, 0.3) is 22.4 Å². The van der Waals surface area contributed by atoms with Crippen molar-refractivity contribution >= 4 is 29.1 Å². The fourth-order valence-corrected chi connectivity index (χ4v) is 4.06. The second kappa shape index (κ2) is 10.1. The molecule has 0 atom stereocenters. The highest BCUT2D eigenvalue weighted by Crippen LogP contribution is 2.40. The van der Waals surface area contributed by atoms with Crippen LogP contribution in [-0.4, -0.2) is 42.7 Å². The van der Waals surface area contributed by atoms with E-state index in [2.05, 4.69) is 9.69 Å². The van der Waals surface area contributed by atoms with Crippen molar-refractivity contribution in [1.82, 2.24) is 4.37 Å². The van der Waals surface area contributed by atoms with Crippen LogP contribution < -0.4 is 19.5 Å². The van der Waals surface area contributed by atoms with Gasteiger partial charge in [-0.25, -0.2) is 0 Å². The number of anilines is 1. The maximum absolute atomic E-state index is 12.2. The number of carboxylic acid groups (broad SMARTS) is 1. The molecule has 1 heterocycles. The number of hydrogen-bond donors (Lipinski definition) is 2. The Labute approximate surface area is 189 Å². The van der Waals surface area contributed by atoms with E-state index in [1.54, 1.807) is 26.4 Å². The van der Waals surface area contributed by atoms with Gasteiger partial charge in [0.25, 0.3) is 0 Å².